The van der Waals surface area contributed by atoms with Gasteiger partial charge in [-0.05, 0) is 30.5 Å². The molecule has 1 aliphatic rings. The van der Waals surface area contributed by atoms with Crippen LogP contribution in [0.1, 0.15) is 18.4 Å². The minimum atomic E-state index is -0.251. The highest BCUT2D eigenvalue weighted by Gasteiger charge is 2.29. The van der Waals surface area contributed by atoms with Gasteiger partial charge in [0.05, 0.1) is 19.0 Å². The number of quaternary nitrogens is 1. The summed E-state index contributed by atoms with van der Waals surface area (Å²) in [6.07, 6.45) is 1.78. The Labute approximate surface area is 136 Å². The summed E-state index contributed by atoms with van der Waals surface area (Å²) < 4.78 is 0. The Hall–Kier alpha value is -1.59. The van der Waals surface area contributed by atoms with E-state index in [4.69, 9.17) is 17.3 Å². The number of nitrogens with two attached hydrogens (primary N) is 1. The second-order valence-corrected chi connectivity index (χ2v) is 6.44. The highest BCUT2D eigenvalue weighted by Crippen LogP contribution is 2.11. The standard InChI is InChI=1S/C16H22ClN3O2/c1-19(9-12-4-6-14(17)7-5-12)15(21)11-20-8-2-3-13(10-20)16(18)22/h4-7,13H,2-3,8-11H2,1H3,(H2,18,22)/p+1/t13-/m0/s1. The molecule has 3 N–H and O–H groups in total. The molecule has 0 spiro atoms. The first-order valence-corrected chi connectivity index (χ1v) is 7.95. The van der Waals surface area contributed by atoms with Crippen molar-refractivity contribution in [1.82, 2.24) is 4.90 Å². The van der Waals surface area contributed by atoms with E-state index in [-0.39, 0.29) is 17.7 Å². The van der Waals surface area contributed by atoms with Gasteiger partial charge in [0.2, 0.25) is 5.91 Å². The van der Waals surface area contributed by atoms with Gasteiger partial charge in [0.1, 0.15) is 0 Å². The van der Waals surface area contributed by atoms with Crippen LogP contribution in [0.4, 0.5) is 0 Å². The van der Waals surface area contributed by atoms with Crippen LogP contribution in [-0.2, 0) is 16.1 Å². The molecule has 0 aliphatic carbocycles. The number of nitrogens with one attached hydrogen (secondary N) is 1. The lowest BCUT2D eigenvalue weighted by molar-refractivity contribution is -0.899. The zero-order valence-electron chi connectivity index (χ0n) is 12.8. The minimum Gasteiger partial charge on any atom is -0.369 e. The quantitative estimate of drug-likeness (QED) is 0.805. The van der Waals surface area contributed by atoms with Gasteiger partial charge in [0, 0.05) is 18.6 Å². The number of halogens is 1. The van der Waals surface area contributed by atoms with Crippen molar-refractivity contribution in [2.24, 2.45) is 11.7 Å². The molecule has 6 heteroatoms. The monoisotopic (exact) mass is 324 g/mol. The van der Waals surface area contributed by atoms with E-state index in [9.17, 15) is 9.59 Å². The fourth-order valence-corrected chi connectivity index (χ4v) is 2.98. The molecule has 1 fully saturated rings. The molecule has 0 bridgehead atoms. The van der Waals surface area contributed by atoms with E-state index in [1.807, 2.05) is 24.3 Å². The predicted octanol–water partition coefficient (Wildman–Crippen LogP) is 0.0786. The number of rotatable bonds is 5. The van der Waals surface area contributed by atoms with Crippen LogP contribution in [0, 0.1) is 5.92 Å². The van der Waals surface area contributed by atoms with Crippen molar-refractivity contribution in [3.63, 3.8) is 0 Å². The van der Waals surface area contributed by atoms with Gasteiger partial charge < -0.3 is 15.5 Å². The molecular weight excluding hydrogens is 302 g/mol. The third kappa shape index (κ3) is 4.71. The SMILES string of the molecule is CN(Cc1ccc(Cl)cc1)C(=O)C[NH+]1CCC[C@H](C(N)=O)C1. The Morgan fingerprint density at radius 1 is 1.36 bits per heavy atom. The van der Waals surface area contributed by atoms with Gasteiger partial charge in [-0.15, -0.1) is 0 Å². The van der Waals surface area contributed by atoms with E-state index in [2.05, 4.69) is 0 Å². The molecule has 2 amide bonds. The molecule has 1 unspecified atom stereocenters. The lowest BCUT2D eigenvalue weighted by Crippen LogP contribution is -3.14. The van der Waals surface area contributed by atoms with E-state index >= 15 is 0 Å². The maximum atomic E-state index is 12.3. The molecule has 0 saturated carbocycles. The van der Waals surface area contributed by atoms with Gasteiger partial charge in [-0.3, -0.25) is 9.59 Å². The van der Waals surface area contributed by atoms with Crippen LogP contribution < -0.4 is 10.6 Å². The second-order valence-electron chi connectivity index (χ2n) is 6.00. The van der Waals surface area contributed by atoms with Crippen molar-refractivity contribution in [3.05, 3.63) is 34.9 Å². The number of likely N-dealkylation sites (tertiary alicyclic amines) is 1. The molecule has 1 aromatic carbocycles. The second kappa shape index (κ2) is 7.61. The van der Waals surface area contributed by atoms with Gasteiger partial charge in [-0.25, -0.2) is 0 Å². The van der Waals surface area contributed by atoms with Gasteiger partial charge in [0.15, 0.2) is 6.54 Å². The van der Waals surface area contributed by atoms with E-state index < -0.39 is 0 Å². The zero-order chi connectivity index (χ0) is 16.1. The molecule has 2 rings (SSSR count). The zero-order valence-corrected chi connectivity index (χ0v) is 13.6. The van der Waals surface area contributed by atoms with Crippen LogP contribution in [0.15, 0.2) is 24.3 Å². The minimum absolute atomic E-state index is 0.0788. The number of carbonyl (C=O) groups excluding carboxylic acids is 2. The van der Waals surface area contributed by atoms with Gasteiger partial charge in [0.25, 0.3) is 5.91 Å². The third-order valence-electron chi connectivity index (χ3n) is 4.18. The fraction of sp³-hybridized carbons (Fsp3) is 0.500. The fourth-order valence-electron chi connectivity index (χ4n) is 2.86. The van der Waals surface area contributed by atoms with Crippen LogP contribution >= 0.6 is 11.6 Å². The molecule has 1 saturated heterocycles. The molecule has 0 aromatic heterocycles. The summed E-state index contributed by atoms with van der Waals surface area (Å²) in [7, 11) is 1.80. The van der Waals surface area contributed by atoms with Gasteiger partial charge in [-0.1, -0.05) is 23.7 Å². The normalized spacial score (nSPS) is 21.4. The summed E-state index contributed by atoms with van der Waals surface area (Å²) in [5.74, 6) is -0.271. The number of benzene rings is 1. The van der Waals surface area contributed by atoms with Crippen LogP contribution in [0.3, 0.4) is 0 Å². The average molecular weight is 325 g/mol. The van der Waals surface area contributed by atoms with E-state index in [0.717, 1.165) is 29.8 Å². The summed E-state index contributed by atoms with van der Waals surface area (Å²) in [6.45, 7) is 2.55. The highest BCUT2D eigenvalue weighted by molar-refractivity contribution is 6.30. The summed E-state index contributed by atoms with van der Waals surface area (Å²) >= 11 is 5.86. The first kappa shape index (κ1) is 16.8. The van der Waals surface area contributed by atoms with Gasteiger partial charge >= 0.3 is 0 Å². The Morgan fingerprint density at radius 2 is 2.05 bits per heavy atom. The molecule has 22 heavy (non-hydrogen) atoms. The largest absolute Gasteiger partial charge is 0.369 e. The van der Waals surface area contributed by atoms with E-state index in [0.29, 0.717) is 24.7 Å². The highest BCUT2D eigenvalue weighted by atomic mass is 35.5. The number of primary amides is 1. The molecule has 1 aromatic rings. The molecular formula is C16H23ClN3O2+. The van der Waals surface area contributed by atoms with Crippen molar-refractivity contribution in [2.75, 3.05) is 26.7 Å². The summed E-state index contributed by atoms with van der Waals surface area (Å²) in [5, 5.41) is 0.688. The number of carbonyl (C=O) groups is 2. The van der Waals surface area contributed by atoms with Crippen molar-refractivity contribution in [2.45, 2.75) is 19.4 Å². The number of piperidine rings is 1. The van der Waals surface area contributed by atoms with Crippen LogP contribution in [0.2, 0.25) is 5.02 Å². The van der Waals surface area contributed by atoms with Crippen molar-refractivity contribution < 1.29 is 14.5 Å². The van der Waals surface area contributed by atoms with Crippen LogP contribution in [0.25, 0.3) is 0 Å². The first-order valence-electron chi connectivity index (χ1n) is 7.57. The smallest absolute Gasteiger partial charge is 0.277 e. The molecule has 1 heterocycles. The maximum Gasteiger partial charge on any atom is 0.277 e. The average Bonchev–Trinajstić information content (AvgIpc) is 2.49. The predicted molar refractivity (Wildman–Crippen MR) is 85.4 cm³/mol. The Balaban J connectivity index is 1.85. The summed E-state index contributed by atoms with van der Waals surface area (Å²) in [5.41, 5.74) is 6.42. The summed E-state index contributed by atoms with van der Waals surface area (Å²) in [4.78, 5) is 26.5. The molecule has 120 valence electrons. The van der Waals surface area contributed by atoms with Gasteiger partial charge in [-0.2, -0.15) is 0 Å². The van der Waals surface area contributed by atoms with Crippen molar-refractivity contribution in [3.8, 4) is 0 Å². The van der Waals surface area contributed by atoms with E-state index in [1.165, 1.54) is 0 Å². The molecule has 0 radical (unpaired) electrons. The number of amides is 2. The van der Waals surface area contributed by atoms with Crippen LogP contribution in [0.5, 0.6) is 0 Å². The first-order chi connectivity index (χ1) is 10.5. The number of hydrogen-bond donors (Lipinski definition) is 2. The van der Waals surface area contributed by atoms with Crippen molar-refractivity contribution in [1.29, 1.82) is 0 Å². The topological polar surface area (TPSA) is 67.8 Å². The van der Waals surface area contributed by atoms with Crippen LogP contribution in [-0.4, -0.2) is 43.4 Å². The maximum absolute atomic E-state index is 12.3. The number of hydrogen-bond acceptors (Lipinski definition) is 2. The lowest BCUT2D eigenvalue weighted by Gasteiger charge is -2.29. The lowest BCUT2D eigenvalue weighted by atomic mass is 9.97. The molecule has 1 aliphatic heterocycles. The Bertz CT molecular complexity index is 533. The number of nitrogens with zero attached hydrogens (tertiary/aromatic N) is 1. The molecule has 5 nitrogen and oxygen atoms in total. The summed E-state index contributed by atoms with van der Waals surface area (Å²) in [6, 6.07) is 7.48. The molecule has 2 atom stereocenters. The van der Waals surface area contributed by atoms with E-state index in [1.54, 1.807) is 11.9 Å². The third-order valence-corrected chi connectivity index (χ3v) is 4.43. The Morgan fingerprint density at radius 3 is 2.68 bits per heavy atom. The van der Waals surface area contributed by atoms with Crippen molar-refractivity contribution >= 4 is 23.4 Å². The number of likely N-dealkylation sites (N-methyl/N-ethyl adjacent to an activating group) is 1. The Kier molecular flexibility index (Phi) is 5.80.